The Hall–Kier alpha value is -1.37. The van der Waals surface area contributed by atoms with Crippen molar-refractivity contribution in [2.24, 2.45) is 5.92 Å². The first-order chi connectivity index (χ1) is 12.3. The number of hydrogen-bond donors (Lipinski definition) is 1. The highest BCUT2D eigenvalue weighted by atomic mass is 32.2. The summed E-state index contributed by atoms with van der Waals surface area (Å²) in [4.78, 5) is 20.1. The average molecular weight is 376 g/mol. The van der Waals surface area contributed by atoms with Crippen LogP contribution >= 0.6 is 23.1 Å². The van der Waals surface area contributed by atoms with E-state index in [9.17, 15) is 4.79 Å². The van der Waals surface area contributed by atoms with Crippen molar-refractivity contribution in [3.63, 3.8) is 0 Å². The van der Waals surface area contributed by atoms with E-state index in [-0.39, 0.29) is 5.91 Å². The first-order valence-electron chi connectivity index (χ1n) is 8.77. The van der Waals surface area contributed by atoms with E-state index < -0.39 is 0 Å². The predicted molar refractivity (Wildman–Crippen MR) is 106 cm³/mol. The smallest absolute Gasteiger partial charge is 0.230 e. The third-order valence-electron chi connectivity index (χ3n) is 4.38. The van der Waals surface area contributed by atoms with Crippen LogP contribution < -0.4 is 5.32 Å². The molecule has 0 saturated carbocycles. The van der Waals surface area contributed by atoms with Crippen molar-refractivity contribution in [2.45, 2.75) is 25.1 Å². The third-order valence-corrected chi connectivity index (χ3v) is 6.24. The van der Waals surface area contributed by atoms with Gasteiger partial charge in [0.15, 0.2) is 0 Å². The van der Waals surface area contributed by atoms with Crippen LogP contribution in [0.1, 0.15) is 23.3 Å². The Morgan fingerprint density at radius 1 is 1.40 bits per heavy atom. The molecule has 0 aromatic carbocycles. The van der Waals surface area contributed by atoms with Gasteiger partial charge in [-0.1, -0.05) is 12.1 Å². The number of rotatable bonds is 8. The SMILES string of the molecule is O=C(CSCc1cccnc1)NC[C@H]1CCCN(Cc2cccs2)C1. The Bertz CT molecular complexity index is 633. The van der Waals surface area contributed by atoms with Crippen molar-refractivity contribution < 1.29 is 4.79 Å². The van der Waals surface area contributed by atoms with Crippen molar-refractivity contribution in [1.82, 2.24) is 15.2 Å². The van der Waals surface area contributed by atoms with Crippen LogP contribution in [0, 0.1) is 5.92 Å². The van der Waals surface area contributed by atoms with Gasteiger partial charge in [0, 0.05) is 42.7 Å². The van der Waals surface area contributed by atoms with Crippen LogP contribution in [0.5, 0.6) is 0 Å². The number of thioether (sulfide) groups is 1. The molecule has 0 aliphatic carbocycles. The maximum Gasteiger partial charge on any atom is 0.230 e. The van der Waals surface area contributed by atoms with E-state index in [2.05, 4.69) is 32.7 Å². The van der Waals surface area contributed by atoms with Crippen molar-refractivity contribution >= 4 is 29.0 Å². The highest BCUT2D eigenvalue weighted by Crippen LogP contribution is 2.20. The van der Waals surface area contributed by atoms with E-state index in [0.717, 1.165) is 31.0 Å². The molecule has 1 aliphatic rings. The average Bonchev–Trinajstić information content (AvgIpc) is 3.14. The van der Waals surface area contributed by atoms with Crippen LogP contribution in [0.15, 0.2) is 42.0 Å². The second-order valence-electron chi connectivity index (χ2n) is 6.48. The molecule has 1 N–H and O–H groups in total. The van der Waals surface area contributed by atoms with Gasteiger partial charge in [-0.25, -0.2) is 0 Å². The highest BCUT2D eigenvalue weighted by molar-refractivity contribution is 7.99. The summed E-state index contributed by atoms with van der Waals surface area (Å²) in [5.41, 5.74) is 1.16. The summed E-state index contributed by atoms with van der Waals surface area (Å²) >= 11 is 3.47. The van der Waals surface area contributed by atoms with Gasteiger partial charge in [-0.15, -0.1) is 23.1 Å². The van der Waals surface area contributed by atoms with Gasteiger partial charge in [0.1, 0.15) is 0 Å². The fraction of sp³-hybridized carbons (Fsp3) is 0.474. The zero-order valence-corrected chi connectivity index (χ0v) is 16.0. The van der Waals surface area contributed by atoms with Gasteiger partial charge in [0.25, 0.3) is 0 Å². The molecule has 25 heavy (non-hydrogen) atoms. The molecule has 1 fully saturated rings. The second-order valence-corrected chi connectivity index (χ2v) is 8.50. The van der Waals surface area contributed by atoms with Gasteiger partial charge in [-0.2, -0.15) is 0 Å². The topological polar surface area (TPSA) is 45.2 Å². The van der Waals surface area contributed by atoms with Crippen molar-refractivity contribution in [3.8, 4) is 0 Å². The zero-order chi connectivity index (χ0) is 17.3. The van der Waals surface area contributed by atoms with Crippen molar-refractivity contribution in [1.29, 1.82) is 0 Å². The molecule has 1 atom stereocenters. The van der Waals surface area contributed by atoms with E-state index in [1.165, 1.54) is 24.3 Å². The number of aromatic nitrogens is 1. The minimum atomic E-state index is 0.143. The zero-order valence-electron chi connectivity index (χ0n) is 14.4. The predicted octanol–water partition coefficient (Wildman–Crippen LogP) is 3.40. The Balaban J connectivity index is 1.32. The monoisotopic (exact) mass is 375 g/mol. The fourth-order valence-corrected chi connectivity index (χ4v) is 4.68. The summed E-state index contributed by atoms with van der Waals surface area (Å²) in [6.07, 6.45) is 6.06. The van der Waals surface area contributed by atoms with Gasteiger partial charge < -0.3 is 5.32 Å². The number of thiophene rings is 1. The molecular weight excluding hydrogens is 350 g/mol. The molecule has 3 rings (SSSR count). The Morgan fingerprint density at radius 3 is 3.16 bits per heavy atom. The molecule has 2 aromatic rings. The number of carbonyl (C=O) groups is 1. The quantitative estimate of drug-likeness (QED) is 0.768. The van der Waals surface area contributed by atoms with Crippen LogP contribution in [0.25, 0.3) is 0 Å². The van der Waals surface area contributed by atoms with Gasteiger partial charge in [0.2, 0.25) is 5.91 Å². The van der Waals surface area contributed by atoms with E-state index in [1.807, 2.05) is 29.7 Å². The van der Waals surface area contributed by atoms with E-state index >= 15 is 0 Å². The molecule has 3 heterocycles. The summed E-state index contributed by atoms with van der Waals surface area (Å²) in [7, 11) is 0. The van der Waals surface area contributed by atoms with Crippen LogP contribution in [0.4, 0.5) is 0 Å². The molecule has 1 saturated heterocycles. The molecular formula is C19H25N3OS2. The number of nitrogens with one attached hydrogen (secondary N) is 1. The van der Waals surface area contributed by atoms with Crippen molar-refractivity contribution in [2.75, 3.05) is 25.4 Å². The summed E-state index contributed by atoms with van der Waals surface area (Å²) in [5.74, 6) is 2.06. The molecule has 2 aromatic heterocycles. The van der Waals surface area contributed by atoms with Crippen LogP contribution in [0.2, 0.25) is 0 Å². The largest absolute Gasteiger partial charge is 0.355 e. The summed E-state index contributed by atoms with van der Waals surface area (Å²) in [6.45, 7) is 4.10. The lowest BCUT2D eigenvalue weighted by atomic mass is 9.98. The van der Waals surface area contributed by atoms with Crippen molar-refractivity contribution in [3.05, 3.63) is 52.5 Å². The number of amides is 1. The van der Waals surface area contributed by atoms with Gasteiger partial charge in [-0.3, -0.25) is 14.7 Å². The number of nitrogens with zero attached hydrogens (tertiary/aromatic N) is 2. The van der Waals surface area contributed by atoms with Gasteiger partial charge >= 0.3 is 0 Å². The molecule has 0 spiro atoms. The highest BCUT2D eigenvalue weighted by Gasteiger charge is 2.20. The summed E-state index contributed by atoms with van der Waals surface area (Å²) in [5, 5.41) is 5.26. The Morgan fingerprint density at radius 2 is 2.36 bits per heavy atom. The van der Waals surface area contributed by atoms with Crippen LogP contribution in [-0.2, 0) is 17.1 Å². The summed E-state index contributed by atoms with van der Waals surface area (Å²) < 4.78 is 0. The lowest BCUT2D eigenvalue weighted by Gasteiger charge is -2.32. The number of carbonyl (C=O) groups excluding carboxylic acids is 1. The lowest BCUT2D eigenvalue weighted by Crippen LogP contribution is -2.40. The molecule has 0 radical (unpaired) electrons. The lowest BCUT2D eigenvalue weighted by molar-refractivity contribution is -0.118. The van der Waals surface area contributed by atoms with Gasteiger partial charge in [0.05, 0.1) is 5.75 Å². The summed E-state index contributed by atoms with van der Waals surface area (Å²) in [6, 6.07) is 8.30. The minimum absolute atomic E-state index is 0.143. The van der Waals surface area contributed by atoms with Crippen LogP contribution in [0.3, 0.4) is 0 Å². The van der Waals surface area contributed by atoms with E-state index in [0.29, 0.717) is 11.7 Å². The number of likely N-dealkylation sites (tertiary alicyclic amines) is 1. The first-order valence-corrected chi connectivity index (χ1v) is 10.8. The number of hydrogen-bond acceptors (Lipinski definition) is 5. The van der Waals surface area contributed by atoms with E-state index in [1.54, 1.807) is 18.0 Å². The maximum absolute atomic E-state index is 12.1. The Labute approximate surface area is 158 Å². The second kappa shape index (κ2) is 9.94. The first kappa shape index (κ1) is 18.4. The molecule has 6 heteroatoms. The fourth-order valence-electron chi connectivity index (χ4n) is 3.14. The molecule has 0 bridgehead atoms. The molecule has 1 amide bonds. The molecule has 134 valence electrons. The van der Waals surface area contributed by atoms with Crippen LogP contribution in [-0.4, -0.2) is 41.2 Å². The number of pyridine rings is 1. The third kappa shape index (κ3) is 6.45. The minimum Gasteiger partial charge on any atom is -0.355 e. The van der Waals surface area contributed by atoms with E-state index in [4.69, 9.17) is 0 Å². The molecule has 4 nitrogen and oxygen atoms in total. The standard InChI is InChI=1S/C19H25N3OS2/c23-19(15-24-14-17-4-1-7-20-10-17)21-11-16-5-2-8-22(12-16)13-18-6-3-9-25-18/h1,3-4,6-7,9-10,16H,2,5,8,11-15H2,(H,21,23)/t16-/m1/s1. The van der Waals surface area contributed by atoms with Gasteiger partial charge in [-0.05, 0) is 48.4 Å². The molecule has 0 unspecified atom stereocenters. The molecule has 1 aliphatic heterocycles. The number of piperidine rings is 1. The normalized spacial score (nSPS) is 18.2. The maximum atomic E-state index is 12.1. The Kier molecular flexibility index (Phi) is 7.33.